The first-order chi connectivity index (χ1) is 19.7. The van der Waals surface area contributed by atoms with Crippen molar-refractivity contribution in [1.82, 2.24) is 10.4 Å². The van der Waals surface area contributed by atoms with E-state index < -0.39 is 29.4 Å². The van der Waals surface area contributed by atoms with E-state index in [1.165, 1.54) is 47.5 Å². The summed E-state index contributed by atoms with van der Waals surface area (Å²) in [6.45, 7) is 2.99. The summed E-state index contributed by atoms with van der Waals surface area (Å²) < 4.78 is 31.1. The predicted molar refractivity (Wildman–Crippen MR) is 151 cm³/mol. The van der Waals surface area contributed by atoms with Gasteiger partial charge in [0.2, 0.25) is 5.78 Å². The number of amides is 2. The number of ketones is 1. The highest BCUT2D eigenvalue weighted by molar-refractivity contribution is 6.08. The molecule has 0 heterocycles. The minimum absolute atomic E-state index is 0.0213. The molecule has 2 aromatic rings. The van der Waals surface area contributed by atoms with E-state index in [1.54, 1.807) is 43.3 Å². The molecule has 2 amide bonds. The summed E-state index contributed by atoms with van der Waals surface area (Å²) in [7, 11) is 5.90. The smallest absolute Gasteiger partial charge is 0.433 e. The van der Waals surface area contributed by atoms with Gasteiger partial charge >= 0.3 is 12.2 Å². The molecule has 41 heavy (non-hydrogen) atoms. The number of hydrogen-bond acceptors (Lipinski definition) is 10. The Morgan fingerprint density at radius 3 is 1.76 bits per heavy atom. The van der Waals surface area contributed by atoms with Crippen LogP contribution in [0.15, 0.2) is 60.0 Å². The van der Waals surface area contributed by atoms with Gasteiger partial charge < -0.3 is 33.5 Å². The van der Waals surface area contributed by atoms with Gasteiger partial charge in [0, 0.05) is 11.1 Å². The van der Waals surface area contributed by atoms with Gasteiger partial charge in [-0.05, 0) is 74.5 Å². The Kier molecular flexibility index (Phi) is 12.6. The third-order valence-corrected chi connectivity index (χ3v) is 5.34. The Labute approximate surface area is 238 Å². The van der Waals surface area contributed by atoms with E-state index in [0.717, 1.165) is 12.2 Å². The molecule has 2 rings (SSSR count). The van der Waals surface area contributed by atoms with Crippen molar-refractivity contribution in [3.63, 3.8) is 0 Å². The number of carbonyl (C=O) groups excluding carboxylic acids is 3. The standard InChI is InChI=1S/C29H34N2O10/c1-7-40-28(34)30-31(29(35)41-8-2)27(23(32)13-9-19-17-21(36-3)11-15-25(19)38-5)24(33)14-10-20-18-22(37-4)12-16-26(20)39-6/h9-18,32H,7-8H2,1-6H3,(H,30,34)/b13-9+,14-10+,27-23+. The summed E-state index contributed by atoms with van der Waals surface area (Å²) in [6, 6.07) is 9.93. The van der Waals surface area contributed by atoms with Crippen molar-refractivity contribution >= 4 is 30.1 Å². The van der Waals surface area contributed by atoms with Crippen LogP contribution in [-0.4, -0.2) is 69.7 Å². The molecule has 0 aromatic heterocycles. The molecule has 0 aliphatic heterocycles. The van der Waals surface area contributed by atoms with E-state index in [4.69, 9.17) is 28.4 Å². The number of hydrazine groups is 1. The molecule has 12 heteroatoms. The predicted octanol–water partition coefficient (Wildman–Crippen LogP) is 4.91. The lowest BCUT2D eigenvalue weighted by atomic mass is 10.1. The summed E-state index contributed by atoms with van der Waals surface area (Å²) in [5, 5.41) is 11.6. The first-order valence-electron chi connectivity index (χ1n) is 12.4. The molecule has 0 aliphatic carbocycles. The van der Waals surface area contributed by atoms with Gasteiger partial charge in [0.25, 0.3) is 0 Å². The topological polar surface area (TPSA) is 142 Å². The average molecular weight is 571 g/mol. The number of aliphatic hydroxyl groups is 1. The summed E-state index contributed by atoms with van der Waals surface area (Å²) >= 11 is 0. The summed E-state index contributed by atoms with van der Waals surface area (Å²) in [4.78, 5) is 38.7. The van der Waals surface area contributed by atoms with E-state index in [1.807, 2.05) is 0 Å². The van der Waals surface area contributed by atoms with Crippen LogP contribution in [-0.2, 0) is 14.3 Å². The zero-order chi connectivity index (χ0) is 30.4. The molecular formula is C29H34N2O10. The quantitative estimate of drug-likeness (QED) is 0.156. The third kappa shape index (κ3) is 8.95. The number of methoxy groups -OCH3 is 4. The maximum Gasteiger partial charge on any atom is 0.433 e. The van der Waals surface area contributed by atoms with Gasteiger partial charge in [-0.25, -0.2) is 15.0 Å². The number of nitrogens with zero attached hydrogens (tertiary/aromatic N) is 1. The zero-order valence-corrected chi connectivity index (χ0v) is 23.8. The van der Waals surface area contributed by atoms with Crippen LogP contribution in [0.4, 0.5) is 9.59 Å². The van der Waals surface area contributed by atoms with Crippen LogP contribution < -0.4 is 24.4 Å². The molecule has 2 N–H and O–H groups in total. The van der Waals surface area contributed by atoms with E-state index in [0.29, 0.717) is 39.1 Å². The van der Waals surface area contributed by atoms with Crippen molar-refractivity contribution in [3.8, 4) is 23.0 Å². The van der Waals surface area contributed by atoms with Crippen LogP contribution in [0, 0.1) is 0 Å². The Morgan fingerprint density at radius 1 is 0.780 bits per heavy atom. The number of hydrogen-bond donors (Lipinski definition) is 2. The molecule has 2 aromatic carbocycles. The molecule has 0 radical (unpaired) electrons. The fourth-order valence-corrected chi connectivity index (χ4v) is 3.42. The van der Waals surface area contributed by atoms with Crippen LogP contribution in [0.1, 0.15) is 25.0 Å². The monoisotopic (exact) mass is 570 g/mol. The fraction of sp³-hybridized carbons (Fsp3) is 0.276. The van der Waals surface area contributed by atoms with Gasteiger partial charge in [-0.1, -0.05) is 0 Å². The van der Waals surface area contributed by atoms with Gasteiger partial charge in [0.15, 0.2) is 5.70 Å². The van der Waals surface area contributed by atoms with Crippen LogP contribution in [0.25, 0.3) is 12.2 Å². The Bertz CT molecular complexity index is 1320. The van der Waals surface area contributed by atoms with Crippen LogP contribution in [0.2, 0.25) is 0 Å². The maximum absolute atomic E-state index is 13.5. The second kappa shape index (κ2) is 16.1. The number of rotatable bonds is 12. The zero-order valence-electron chi connectivity index (χ0n) is 23.8. The Balaban J connectivity index is 2.68. The van der Waals surface area contributed by atoms with Crippen molar-refractivity contribution in [2.24, 2.45) is 0 Å². The van der Waals surface area contributed by atoms with E-state index in [9.17, 15) is 19.5 Å². The first kappa shape index (κ1) is 32.1. The van der Waals surface area contributed by atoms with Crippen LogP contribution in [0.3, 0.4) is 0 Å². The van der Waals surface area contributed by atoms with Crippen molar-refractivity contribution in [2.75, 3.05) is 41.7 Å². The number of benzene rings is 2. The van der Waals surface area contributed by atoms with E-state index >= 15 is 0 Å². The Morgan fingerprint density at radius 2 is 1.29 bits per heavy atom. The molecule has 0 bridgehead atoms. The number of ether oxygens (including phenoxy) is 6. The number of nitrogens with one attached hydrogen (secondary N) is 1. The number of aliphatic hydroxyl groups excluding tert-OH is 1. The van der Waals surface area contributed by atoms with Gasteiger partial charge in [-0.3, -0.25) is 4.79 Å². The third-order valence-electron chi connectivity index (χ3n) is 5.34. The van der Waals surface area contributed by atoms with Crippen molar-refractivity contribution in [2.45, 2.75) is 13.8 Å². The molecule has 0 aliphatic rings. The normalized spacial score (nSPS) is 11.5. The molecular weight excluding hydrogens is 536 g/mol. The summed E-state index contributed by atoms with van der Waals surface area (Å²) in [6.07, 6.45) is 2.88. The average Bonchev–Trinajstić information content (AvgIpc) is 2.98. The minimum Gasteiger partial charge on any atom is -0.506 e. The molecule has 0 saturated heterocycles. The van der Waals surface area contributed by atoms with Gasteiger partial charge in [0.05, 0.1) is 41.7 Å². The Hall–Kier alpha value is -5.13. The fourth-order valence-electron chi connectivity index (χ4n) is 3.42. The molecule has 0 atom stereocenters. The van der Waals surface area contributed by atoms with Crippen molar-refractivity contribution in [1.29, 1.82) is 0 Å². The first-order valence-corrected chi connectivity index (χ1v) is 12.4. The van der Waals surface area contributed by atoms with Gasteiger partial charge in [0.1, 0.15) is 28.8 Å². The second-order valence-corrected chi connectivity index (χ2v) is 7.85. The summed E-state index contributed by atoms with van der Waals surface area (Å²) in [5.74, 6) is 0.328. The molecule has 0 saturated carbocycles. The van der Waals surface area contributed by atoms with Crippen LogP contribution in [0.5, 0.6) is 23.0 Å². The molecule has 12 nitrogen and oxygen atoms in total. The molecule has 0 unspecified atom stereocenters. The maximum atomic E-state index is 13.5. The second-order valence-electron chi connectivity index (χ2n) is 7.85. The largest absolute Gasteiger partial charge is 0.506 e. The molecule has 0 spiro atoms. The van der Waals surface area contributed by atoms with Crippen LogP contribution >= 0.6 is 0 Å². The van der Waals surface area contributed by atoms with Gasteiger partial charge in [-0.15, -0.1) is 0 Å². The van der Waals surface area contributed by atoms with Crippen molar-refractivity contribution in [3.05, 3.63) is 71.1 Å². The highest BCUT2D eigenvalue weighted by Gasteiger charge is 2.29. The van der Waals surface area contributed by atoms with E-state index in [-0.39, 0.29) is 13.2 Å². The lowest BCUT2D eigenvalue weighted by Crippen LogP contribution is -2.48. The lowest BCUT2D eigenvalue weighted by Gasteiger charge is -2.23. The van der Waals surface area contributed by atoms with Gasteiger partial charge in [-0.2, -0.15) is 5.01 Å². The highest BCUT2D eigenvalue weighted by atomic mass is 16.6. The lowest BCUT2D eigenvalue weighted by molar-refractivity contribution is -0.113. The molecule has 0 fully saturated rings. The SMILES string of the molecule is CCOC(=O)NN(C(=O)OCC)/C(C(=O)/C=C/c1cc(OC)ccc1OC)=C(O)\C=C\c1cc(OC)ccc1OC. The number of carbonyl (C=O) groups is 3. The summed E-state index contributed by atoms with van der Waals surface area (Å²) in [5.41, 5.74) is 2.47. The molecule has 220 valence electrons. The minimum atomic E-state index is -1.14. The highest BCUT2D eigenvalue weighted by Crippen LogP contribution is 2.27. The number of allylic oxidation sites excluding steroid dienone is 2. The van der Waals surface area contributed by atoms with E-state index in [2.05, 4.69) is 5.43 Å². The van der Waals surface area contributed by atoms with Crippen molar-refractivity contribution < 1.29 is 47.9 Å².